The molecule has 1 saturated carbocycles. The highest BCUT2D eigenvalue weighted by atomic mass is 32.2. The third-order valence-corrected chi connectivity index (χ3v) is 2.85. The number of thiol groups is 1. The molecule has 1 atom stereocenters. The second-order valence-electron chi connectivity index (χ2n) is 2.17. The Morgan fingerprint density at radius 3 is 2.70 bits per heavy atom. The number of carbonyl (C=O) groups excluding carboxylic acids is 2. The summed E-state index contributed by atoms with van der Waals surface area (Å²) in [6.07, 6.45) is 0.565. The highest BCUT2D eigenvalue weighted by molar-refractivity contribution is 8.10. The van der Waals surface area contributed by atoms with Crippen LogP contribution < -0.4 is 0 Å². The van der Waals surface area contributed by atoms with Crippen molar-refractivity contribution in [3.8, 4) is 0 Å². The molecule has 1 aliphatic carbocycles. The lowest BCUT2D eigenvalue weighted by Gasteiger charge is -2.00. The number of thioether (sulfide) groups is 1. The van der Waals surface area contributed by atoms with Crippen LogP contribution in [0.3, 0.4) is 0 Å². The quantitative estimate of drug-likeness (QED) is 0.386. The van der Waals surface area contributed by atoms with Crippen LogP contribution in [0.25, 0.3) is 0 Å². The van der Waals surface area contributed by atoms with Crippen LogP contribution in [0, 0.1) is 0 Å². The molecule has 0 N–H and O–H groups in total. The van der Waals surface area contributed by atoms with Gasteiger partial charge in [0.05, 0.1) is 11.7 Å². The normalized spacial score (nSPS) is 25.9. The van der Waals surface area contributed by atoms with Gasteiger partial charge < -0.3 is 0 Å². The summed E-state index contributed by atoms with van der Waals surface area (Å²) < 4.78 is 0. The maximum Gasteiger partial charge on any atom is 0.153 e. The van der Waals surface area contributed by atoms with Gasteiger partial charge in [0.2, 0.25) is 0 Å². The van der Waals surface area contributed by atoms with Gasteiger partial charge in [0.15, 0.2) is 5.78 Å². The van der Waals surface area contributed by atoms with E-state index in [2.05, 4.69) is 12.6 Å². The fourth-order valence-corrected chi connectivity index (χ4v) is 2.24. The highest BCUT2D eigenvalue weighted by Crippen LogP contribution is 2.24. The van der Waals surface area contributed by atoms with Gasteiger partial charge in [-0.1, -0.05) is 0 Å². The first kappa shape index (κ1) is 8.14. The molecule has 0 aliphatic heterocycles. The molecule has 1 fully saturated rings. The molecule has 1 rings (SSSR count). The summed E-state index contributed by atoms with van der Waals surface area (Å²) >= 11 is 5.41. The van der Waals surface area contributed by atoms with Crippen LogP contribution in [0.5, 0.6) is 0 Å². The molecule has 56 valence electrons. The highest BCUT2D eigenvalue weighted by Gasteiger charge is 2.30. The second kappa shape index (κ2) is 3.44. The van der Waals surface area contributed by atoms with Crippen LogP contribution in [-0.4, -0.2) is 21.9 Å². The molecule has 0 aromatic carbocycles. The zero-order valence-corrected chi connectivity index (χ0v) is 7.08. The van der Waals surface area contributed by atoms with E-state index in [1.807, 2.05) is 0 Å². The van der Waals surface area contributed by atoms with E-state index in [4.69, 9.17) is 0 Å². The first-order valence-electron chi connectivity index (χ1n) is 3.01. The Kier molecular flexibility index (Phi) is 2.80. The predicted molar refractivity (Wildman–Crippen MR) is 44.5 cm³/mol. The average Bonchev–Trinajstić information content (AvgIpc) is 2.13. The van der Waals surface area contributed by atoms with Gasteiger partial charge in [0.25, 0.3) is 0 Å². The maximum absolute atomic E-state index is 10.9. The van der Waals surface area contributed by atoms with Crippen molar-refractivity contribution in [3.63, 3.8) is 0 Å². The number of hydrogen-bond acceptors (Lipinski definition) is 4. The van der Waals surface area contributed by atoms with Crippen molar-refractivity contribution in [1.82, 2.24) is 0 Å². The monoisotopic (exact) mass is 176 g/mol. The zero-order chi connectivity index (χ0) is 7.56. The summed E-state index contributed by atoms with van der Waals surface area (Å²) in [4.78, 5) is 21.6. The van der Waals surface area contributed by atoms with Gasteiger partial charge in [-0.3, -0.25) is 9.59 Å². The molecular formula is C6H8O2S2. The van der Waals surface area contributed by atoms with Crippen molar-refractivity contribution in [2.75, 3.05) is 5.08 Å². The Morgan fingerprint density at radius 1 is 1.60 bits per heavy atom. The average molecular weight is 176 g/mol. The Balaban J connectivity index is 2.46. The molecule has 0 bridgehead atoms. The van der Waals surface area contributed by atoms with Crippen molar-refractivity contribution < 1.29 is 9.59 Å². The lowest BCUT2D eigenvalue weighted by atomic mass is 10.3. The van der Waals surface area contributed by atoms with Gasteiger partial charge in [-0.25, -0.2) is 0 Å². The lowest BCUT2D eigenvalue weighted by Crippen LogP contribution is -2.07. The number of carbonyl (C=O) groups is 2. The van der Waals surface area contributed by atoms with Crippen LogP contribution in [0.4, 0.5) is 0 Å². The molecule has 0 amide bonds. The summed E-state index contributed by atoms with van der Waals surface area (Å²) in [6, 6.07) is 0. The van der Waals surface area contributed by atoms with Gasteiger partial charge in [-0.05, 0) is 0 Å². The topological polar surface area (TPSA) is 34.1 Å². The Hall–Kier alpha value is 0.0400. The number of Topliss-reactive ketones (excluding diaryl/α,β-unsaturated/α-hetero) is 2. The van der Waals surface area contributed by atoms with Gasteiger partial charge in [-0.15, -0.1) is 11.8 Å². The van der Waals surface area contributed by atoms with Gasteiger partial charge in [0, 0.05) is 11.5 Å². The summed E-state index contributed by atoms with van der Waals surface area (Å²) in [5, 5.41) is 0.522. The van der Waals surface area contributed by atoms with Gasteiger partial charge in [0.1, 0.15) is 5.78 Å². The molecule has 10 heavy (non-hydrogen) atoms. The molecule has 4 heteroatoms. The standard InChI is InChI=1S/C6H8O2S2/c7-4-1-5(8)6(2-4)10-3-9/h6,9H,1-3H2. The van der Waals surface area contributed by atoms with Crippen molar-refractivity contribution in [2.45, 2.75) is 18.1 Å². The predicted octanol–water partition coefficient (Wildman–Crippen LogP) is 0.907. The molecule has 0 radical (unpaired) electrons. The van der Waals surface area contributed by atoms with E-state index >= 15 is 0 Å². The lowest BCUT2D eigenvalue weighted by molar-refractivity contribution is -0.121. The second-order valence-corrected chi connectivity index (χ2v) is 4.11. The molecule has 1 unspecified atom stereocenters. The summed E-state index contributed by atoms with van der Waals surface area (Å²) in [5.41, 5.74) is 0. The summed E-state index contributed by atoms with van der Waals surface area (Å²) in [5.74, 6) is 0.147. The largest absolute Gasteiger partial charge is 0.299 e. The zero-order valence-electron chi connectivity index (χ0n) is 5.37. The van der Waals surface area contributed by atoms with Crippen molar-refractivity contribution >= 4 is 36.0 Å². The van der Waals surface area contributed by atoms with Crippen LogP contribution >= 0.6 is 24.4 Å². The van der Waals surface area contributed by atoms with Crippen molar-refractivity contribution in [3.05, 3.63) is 0 Å². The van der Waals surface area contributed by atoms with Crippen LogP contribution in [0.1, 0.15) is 12.8 Å². The SMILES string of the molecule is O=C1CC(=O)C(SCS)C1. The van der Waals surface area contributed by atoms with E-state index in [0.29, 0.717) is 11.5 Å². The molecule has 0 saturated heterocycles. The minimum Gasteiger partial charge on any atom is -0.299 e. The minimum absolute atomic E-state index is 0.0732. The molecule has 0 spiro atoms. The van der Waals surface area contributed by atoms with E-state index in [-0.39, 0.29) is 23.2 Å². The van der Waals surface area contributed by atoms with E-state index in [1.165, 1.54) is 11.8 Å². The fourth-order valence-electron chi connectivity index (χ4n) is 0.943. The summed E-state index contributed by atoms with van der Waals surface area (Å²) in [7, 11) is 0. The van der Waals surface area contributed by atoms with Crippen LogP contribution in [0.15, 0.2) is 0 Å². The third-order valence-electron chi connectivity index (χ3n) is 1.42. The summed E-state index contributed by atoms with van der Waals surface area (Å²) in [6.45, 7) is 0. The van der Waals surface area contributed by atoms with Crippen molar-refractivity contribution in [1.29, 1.82) is 0 Å². The van der Waals surface area contributed by atoms with E-state index in [9.17, 15) is 9.59 Å². The Labute approximate surface area is 69.2 Å². The first-order valence-corrected chi connectivity index (χ1v) is 4.69. The van der Waals surface area contributed by atoms with Crippen molar-refractivity contribution in [2.24, 2.45) is 0 Å². The number of ketones is 2. The van der Waals surface area contributed by atoms with Crippen LogP contribution in [-0.2, 0) is 9.59 Å². The Morgan fingerprint density at radius 2 is 2.30 bits per heavy atom. The Bertz CT molecular complexity index is 167. The minimum atomic E-state index is -0.0926. The van der Waals surface area contributed by atoms with Gasteiger partial charge in [-0.2, -0.15) is 12.6 Å². The first-order chi connectivity index (χ1) is 4.74. The number of hydrogen-bond donors (Lipinski definition) is 1. The third kappa shape index (κ3) is 1.76. The van der Waals surface area contributed by atoms with E-state index in [0.717, 1.165) is 0 Å². The molecule has 0 aromatic rings. The smallest absolute Gasteiger partial charge is 0.153 e. The van der Waals surface area contributed by atoms with E-state index < -0.39 is 0 Å². The molecule has 0 aromatic heterocycles. The van der Waals surface area contributed by atoms with Gasteiger partial charge >= 0.3 is 0 Å². The molecule has 0 heterocycles. The number of rotatable bonds is 2. The molecular weight excluding hydrogens is 168 g/mol. The molecule has 1 aliphatic rings. The fraction of sp³-hybridized carbons (Fsp3) is 0.667. The maximum atomic E-state index is 10.9. The van der Waals surface area contributed by atoms with E-state index in [1.54, 1.807) is 0 Å². The van der Waals surface area contributed by atoms with Crippen LogP contribution in [0.2, 0.25) is 0 Å². The molecule has 2 nitrogen and oxygen atoms in total.